The number of halogens is 4. The third kappa shape index (κ3) is 3.30. The third-order valence-electron chi connectivity index (χ3n) is 2.50. The molecular weight excluding hydrogens is 293 g/mol. The zero-order chi connectivity index (χ0) is 14.8. The van der Waals surface area contributed by atoms with Crippen molar-refractivity contribution in [3.8, 4) is 11.5 Å². The van der Waals surface area contributed by atoms with Gasteiger partial charge in [0.1, 0.15) is 11.5 Å². The first-order valence-electron chi connectivity index (χ1n) is 5.50. The fraction of sp³-hybridized carbons (Fsp3) is 0.0714. The van der Waals surface area contributed by atoms with Gasteiger partial charge in [0, 0.05) is 11.6 Å². The second-order valence-electron chi connectivity index (χ2n) is 3.93. The minimum Gasteiger partial charge on any atom is -0.457 e. The summed E-state index contributed by atoms with van der Waals surface area (Å²) in [7, 11) is 0. The quantitative estimate of drug-likeness (QED) is 0.749. The van der Waals surface area contributed by atoms with Crippen molar-refractivity contribution in [2.24, 2.45) is 0 Å². The monoisotopic (exact) mass is 300 g/mol. The van der Waals surface area contributed by atoms with Crippen molar-refractivity contribution >= 4 is 17.9 Å². The van der Waals surface area contributed by atoms with Crippen LogP contribution in [0.15, 0.2) is 42.5 Å². The number of aldehydes is 1. The molecule has 0 spiro atoms. The maximum Gasteiger partial charge on any atom is 0.416 e. The third-order valence-corrected chi connectivity index (χ3v) is 2.82. The summed E-state index contributed by atoms with van der Waals surface area (Å²) in [6.45, 7) is 0. The van der Waals surface area contributed by atoms with Gasteiger partial charge in [-0.15, -0.1) is 0 Å². The molecule has 0 saturated carbocycles. The molecule has 0 N–H and O–H groups in total. The second kappa shape index (κ2) is 5.54. The van der Waals surface area contributed by atoms with Gasteiger partial charge >= 0.3 is 6.18 Å². The summed E-state index contributed by atoms with van der Waals surface area (Å²) in [5.74, 6) is 0.287. The Labute approximate surface area is 117 Å². The predicted molar refractivity (Wildman–Crippen MR) is 68.4 cm³/mol. The molecule has 0 saturated heterocycles. The highest BCUT2D eigenvalue weighted by Gasteiger charge is 2.30. The topological polar surface area (TPSA) is 26.3 Å². The lowest BCUT2D eigenvalue weighted by Crippen LogP contribution is -2.04. The number of ether oxygens (including phenoxy) is 1. The van der Waals surface area contributed by atoms with Gasteiger partial charge in [0.15, 0.2) is 6.29 Å². The van der Waals surface area contributed by atoms with Crippen LogP contribution < -0.4 is 4.74 Å². The lowest BCUT2D eigenvalue weighted by molar-refractivity contribution is -0.137. The highest BCUT2D eigenvalue weighted by Crippen LogP contribution is 2.33. The summed E-state index contributed by atoms with van der Waals surface area (Å²) in [6, 6.07) is 8.74. The zero-order valence-corrected chi connectivity index (χ0v) is 10.7. The Hall–Kier alpha value is -2.01. The lowest BCUT2D eigenvalue weighted by atomic mass is 10.2. The van der Waals surface area contributed by atoms with Gasteiger partial charge < -0.3 is 4.74 Å². The van der Waals surface area contributed by atoms with Gasteiger partial charge in [-0.1, -0.05) is 17.7 Å². The van der Waals surface area contributed by atoms with Crippen LogP contribution in [0.25, 0.3) is 0 Å². The van der Waals surface area contributed by atoms with Crippen LogP contribution in [0.1, 0.15) is 15.9 Å². The van der Waals surface area contributed by atoms with E-state index in [1.54, 1.807) is 0 Å². The van der Waals surface area contributed by atoms with E-state index >= 15 is 0 Å². The van der Waals surface area contributed by atoms with Gasteiger partial charge in [0.25, 0.3) is 0 Å². The maximum atomic E-state index is 12.6. The molecule has 0 amide bonds. The summed E-state index contributed by atoms with van der Waals surface area (Å²) >= 11 is 5.81. The SMILES string of the molecule is O=Cc1ccc(Oc2cccc(C(F)(F)F)c2)cc1Cl. The molecular formula is C14H8ClF3O2. The Kier molecular flexibility index (Phi) is 3.99. The van der Waals surface area contributed by atoms with Crippen LogP contribution in [0.4, 0.5) is 13.2 Å². The minimum absolute atomic E-state index is 0.0368. The second-order valence-corrected chi connectivity index (χ2v) is 4.34. The summed E-state index contributed by atoms with van der Waals surface area (Å²) < 4.78 is 43.0. The van der Waals surface area contributed by atoms with Gasteiger partial charge in [0.2, 0.25) is 0 Å². The van der Waals surface area contributed by atoms with Crippen molar-refractivity contribution in [1.82, 2.24) is 0 Å². The van der Waals surface area contributed by atoms with Gasteiger partial charge in [-0.25, -0.2) is 0 Å². The van der Waals surface area contributed by atoms with Crippen molar-refractivity contribution in [2.75, 3.05) is 0 Å². The van der Waals surface area contributed by atoms with E-state index in [0.717, 1.165) is 12.1 Å². The molecule has 0 aliphatic heterocycles. The standard InChI is InChI=1S/C14H8ClF3O2/c15-13-7-12(5-4-9(13)8-19)20-11-3-1-2-10(6-11)14(16,17)18/h1-8H. The molecule has 0 aliphatic rings. The van der Waals surface area contributed by atoms with Crippen LogP contribution in [0, 0.1) is 0 Å². The smallest absolute Gasteiger partial charge is 0.416 e. The fourth-order valence-electron chi connectivity index (χ4n) is 1.54. The molecule has 0 aliphatic carbocycles. The number of carbonyl (C=O) groups is 1. The van der Waals surface area contributed by atoms with Gasteiger partial charge in [-0.05, 0) is 30.3 Å². The minimum atomic E-state index is -4.43. The maximum absolute atomic E-state index is 12.6. The van der Waals surface area contributed by atoms with E-state index in [2.05, 4.69) is 0 Å². The van der Waals surface area contributed by atoms with Crippen LogP contribution in [-0.4, -0.2) is 6.29 Å². The molecule has 0 aromatic heterocycles. The van der Waals surface area contributed by atoms with Gasteiger partial charge in [-0.2, -0.15) is 13.2 Å². The van der Waals surface area contributed by atoms with Crippen molar-refractivity contribution < 1.29 is 22.7 Å². The van der Waals surface area contributed by atoms with E-state index in [0.29, 0.717) is 6.29 Å². The molecule has 0 radical (unpaired) electrons. The largest absolute Gasteiger partial charge is 0.457 e. The average Bonchev–Trinajstić information content (AvgIpc) is 2.38. The van der Waals surface area contributed by atoms with Crippen molar-refractivity contribution in [2.45, 2.75) is 6.18 Å². The molecule has 2 nitrogen and oxygen atoms in total. The Morgan fingerprint density at radius 2 is 1.75 bits per heavy atom. The predicted octanol–water partition coefficient (Wildman–Crippen LogP) is 4.96. The molecule has 0 unspecified atom stereocenters. The van der Waals surface area contributed by atoms with Crippen LogP contribution in [0.2, 0.25) is 5.02 Å². The van der Waals surface area contributed by atoms with Crippen LogP contribution >= 0.6 is 11.6 Å². The molecule has 0 bridgehead atoms. The Balaban J connectivity index is 2.26. The molecule has 104 valence electrons. The van der Waals surface area contributed by atoms with Crippen molar-refractivity contribution in [1.29, 1.82) is 0 Å². The molecule has 0 heterocycles. The van der Waals surface area contributed by atoms with Crippen LogP contribution in [0.3, 0.4) is 0 Å². The summed E-state index contributed by atoms with van der Waals surface area (Å²) in [5.41, 5.74) is -0.520. The number of rotatable bonds is 3. The fourth-order valence-corrected chi connectivity index (χ4v) is 1.75. The molecule has 6 heteroatoms. The van der Waals surface area contributed by atoms with E-state index < -0.39 is 11.7 Å². The molecule has 2 aromatic rings. The first-order valence-corrected chi connectivity index (χ1v) is 5.88. The number of benzene rings is 2. The van der Waals surface area contributed by atoms with Crippen LogP contribution in [0.5, 0.6) is 11.5 Å². The summed E-state index contributed by atoms with van der Waals surface area (Å²) in [6.07, 6.45) is -3.85. The van der Waals surface area contributed by atoms with E-state index in [1.807, 2.05) is 0 Å². The van der Waals surface area contributed by atoms with Crippen molar-refractivity contribution in [3.63, 3.8) is 0 Å². The highest BCUT2D eigenvalue weighted by atomic mass is 35.5. The molecule has 20 heavy (non-hydrogen) atoms. The van der Waals surface area contributed by atoms with Crippen molar-refractivity contribution in [3.05, 3.63) is 58.6 Å². The number of hydrogen-bond acceptors (Lipinski definition) is 2. The van der Waals surface area contributed by atoms with E-state index in [9.17, 15) is 18.0 Å². The first kappa shape index (κ1) is 14.4. The average molecular weight is 301 g/mol. The zero-order valence-electron chi connectivity index (χ0n) is 9.95. The number of carbonyl (C=O) groups excluding carboxylic acids is 1. The van der Waals surface area contributed by atoms with E-state index in [1.165, 1.54) is 30.3 Å². The number of alkyl halides is 3. The summed E-state index contributed by atoms with van der Waals surface area (Å²) in [5, 5.41) is 0.171. The van der Waals surface area contributed by atoms with E-state index in [4.69, 9.17) is 16.3 Å². The first-order chi connectivity index (χ1) is 9.40. The molecule has 2 aromatic carbocycles. The normalized spacial score (nSPS) is 11.2. The Morgan fingerprint density at radius 3 is 2.35 bits per heavy atom. The molecule has 0 fully saturated rings. The van der Waals surface area contributed by atoms with Gasteiger partial charge in [-0.3, -0.25) is 4.79 Å². The number of hydrogen-bond donors (Lipinski definition) is 0. The van der Waals surface area contributed by atoms with E-state index in [-0.39, 0.29) is 22.1 Å². The highest BCUT2D eigenvalue weighted by molar-refractivity contribution is 6.33. The molecule has 0 atom stereocenters. The molecule has 2 rings (SSSR count). The Morgan fingerprint density at radius 1 is 1.05 bits per heavy atom. The van der Waals surface area contributed by atoms with Gasteiger partial charge in [0.05, 0.1) is 10.6 Å². The van der Waals surface area contributed by atoms with Crippen LogP contribution in [-0.2, 0) is 6.18 Å². The summed E-state index contributed by atoms with van der Waals surface area (Å²) in [4.78, 5) is 10.6. The Bertz CT molecular complexity index is 639. The lowest BCUT2D eigenvalue weighted by Gasteiger charge is -2.10.